The average Bonchev–Trinajstić information content (AvgIpc) is 2.39. The summed E-state index contributed by atoms with van der Waals surface area (Å²) in [6, 6.07) is 6.09. The Bertz CT molecular complexity index is 397. The highest BCUT2D eigenvalue weighted by Crippen LogP contribution is 2.20. The van der Waals surface area contributed by atoms with Crippen LogP contribution in [0.15, 0.2) is 18.2 Å². The van der Waals surface area contributed by atoms with Crippen molar-refractivity contribution in [3.8, 4) is 0 Å². The van der Waals surface area contributed by atoms with Crippen molar-refractivity contribution < 1.29 is 14.6 Å². The maximum atomic E-state index is 10.2. The first-order valence-electron chi connectivity index (χ1n) is 7.11. The van der Waals surface area contributed by atoms with Gasteiger partial charge in [-0.05, 0) is 44.2 Å². The van der Waals surface area contributed by atoms with E-state index in [0.717, 1.165) is 30.6 Å². The summed E-state index contributed by atoms with van der Waals surface area (Å²) in [5.74, 6) is 0. The Morgan fingerprint density at radius 3 is 2.89 bits per heavy atom. The van der Waals surface area contributed by atoms with Gasteiger partial charge >= 0.3 is 0 Å². The molecule has 2 atom stereocenters. The van der Waals surface area contributed by atoms with Crippen molar-refractivity contribution in [1.82, 2.24) is 0 Å². The Balaban J connectivity index is 1.78. The van der Waals surface area contributed by atoms with Crippen LogP contribution in [0, 0.1) is 13.8 Å². The molecule has 1 aliphatic heterocycles. The first kappa shape index (κ1) is 14.5. The minimum atomic E-state index is -0.552. The molecule has 106 valence electrons. The van der Waals surface area contributed by atoms with Crippen LogP contribution in [-0.4, -0.2) is 31.0 Å². The van der Waals surface area contributed by atoms with E-state index in [1.165, 1.54) is 12.0 Å². The molecule has 1 saturated heterocycles. The Hall–Kier alpha value is -0.900. The van der Waals surface area contributed by atoms with Gasteiger partial charge in [-0.1, -0.05) is 23.8 Å². The number of ether oxygens (including phenoxy) is 2. The second-order valence-corrected chi connectivity index (χ2v) is 5.40. The molecule has 0 spiro atoms. The SMILES string of the molecule is Cc1ccc(C(O)COCC2CCCCO2)c(C)c1. The van der Waals surface area contributed by atoms with Crippen LogP contribution < -0.4 is 0 Å². The largest absolute Gasteiger partial charge is 0.386 e. The molecule has 2 rings (SSSR count). The Morgan fingerprint density at radius 1 is 1.37 bits per heavy atom. The van der Waals surface area contributed by atoms with Crippen molar-refractivity contribution >= 4 is 0 Å². The molecule has 0 amide bonds. The minimum absolute atomic E-state index is 0.208. The van der Waals surface area contributed by atoms with E-state index < -0.39 is 6.10 Å². The van der Waals surface area contributed by atoms with Crippen LogP contribution in [0.25, 0.3) is 0 Å². The van der Waals surface area contributed by atoms with Gasteiger partial charge in [0.25, 0.3) is 0 Å². The van der Waals surface area contributed by atoms with E-state index >= 15 is 0 Å². The van der Waals surface area contributed by atoms with Crippen molar-refractivity contribution in [2.45, 2.75) is 45.3 Å². The van der Waals surface area contributed by atoms with Gasteiger partial charge in [0.2, 0.25) is 0 Å². The third-order valence-corrected chi connectivity index (χ3v) is 3.64. The highest BCUT2D eigenvalue weighted by Gasteiger charge is 2.16. The summed E-state index contributed by atoms with van der Waals surface area (Å²) in [5.41, 5.74) is 3.28. The molecule has 1 fully saturated rings. The van der Waals surface area contributed by atoms with Crippen molar-refractivity contribution in [2.75, 3.05) is 19.8 Å². The second kappa shape index (κ2) is 7.04. The quantitative estimate of drug-likeness (QED) is 0.888. The van der Waals surface area contributed by atoms with Gasteiger partial charge in [-0.25, -0.2) is 0 Å². The Morgan fingerprint density at radius 2 is 2.21 bits per heavy atom. The minimum Gasteiger partial charge on any atom is -0.386 e. The number of aryl methyl sites for hydroxylation is 2. The number of benzene rings is 1. The van der Waals surface area contributed by atoms with Gasteiger partial charge in [0.1, 0.15) is 6.10 Å². The second-order valence-electron chi connectivity index (χ2n) is 5.40. The fourth-order valence-electron chi connectivity index (χ4n) is 2.54. The summed E-state index contributed by atoms with van der Waals surface area (Å²) in [7, 11) is 0. The Labute approximate surface area is 115 Å². The fourth-order valence-corrected chi connectivity index (χ4v) is 2.54. The smallest absolute Gasteiger partial charge is 0.103 e. The third-order valence-electron chi connectivity index (χ3n) is 3.64. The molecule has 0 radical (unpaired) electrons. The van der Waals surface area contributed by atoms with Crippen molar-refractivity contribution in [3.63, 3.8) is 0 Å². The number of hydrogen-bond acceptors (Lipinski definition) is 3. The van der Waals surface area contributed by atoms with Crippen LogP contribution in [0.5, 0.6) is 0 Å². The van der Waals surface area contributed by atoms with E-state index in [4.69, 9.17) is 9.47 Å². The molecule has 19 heavy (non-hydrogen) atoms. The summed E-state index contributed by atoms with van der Waals surface area (Å²) < 4.78 is 11.2. The number of rotatable bonds is 5. The van der Waals surface area contributed by atoms with Gasteiger partial charge in [-0.2, -0.15) is 0 Å². The lowest BCUT2D eigenvalue weighted by molar-refractivity contribution is -0.0575. The van der Waals surface area contributed by atoms with E-state index in [9.17, 15) is 5.11 Å². The van der Waals surface area contributed by atoms with Crippen LogP contribution in [0.2, 0.25) is 0 Å². The molecule has 1 aromatic carbocycles. The summed E-state index contributed by atoms with van der Waals surface area (Å²) >= 11 is 0. The zero-order valence-corrected chi connectivity index (χ0v) is 11.9. The molecule has 0 aromatic heterocycles. The highest BCUT2D eigenvalue weighted by atomic mass is 16.5. The summed E-state index contributed by atoms with van der Waals surface area (Å²) in [6.45, 7) is 5.84. The first-order chi connectivity index (χ1) is 9.16. The molecular weight excluding hydrogens is 240 g/mol. The average molecular weight is 264 g/mol. The molecule has 3 nitrogen and oxygen atoms in total. The first-order valence-corrected chi connectivity index (χ1v) is 7.11. The topological polar surface area (TPSA) is 38.7 Å². The lowest BCUT2D eigenvalue weighted by Crippen LogP contribution is -2.25. The fraction of sp³-hybridized carbons (Fsp3) is 0.625. The van der Waals surface area contributed by atoms with E-state index in [1.807, 2.05) is 19.1 Å². The van der Waals surface area contributed by atoms with Crippen molar-refractivity contribution in [3.05, 3.63) is 34.9 Å². The van der Waals surface area contributed by atoms with Gasteiger partial charge in [-0.3, -0.25) is 0 Å². The van der Waals surface area contributed by atoms with E-state index in [1.54, 1.807) is 0 Å². The van der Waals surface area contributed by atoms with E-state index in [0.29, 0.717) is 13.2 Å². The van der Waals surface area contributed by atoms with E-state index in [2.05, 4.69) is 13.0 Å². The van der Waals surface area contributed by atoms with E-state index in [-0.39, 0.29) is 6.10 Å². The standard InChI is InChI=1S/C16H24O3/c1-12-6-7-15(13(2)9-12)16(17)11-18-10-14-5-3-4-8-19-14/h6-7,9,14,16-17H,3-5,8,10-11H2,1-2H3. The van der Waals surface area contributed by atoms with Crippen LogP contribution in [-0.2, 0) is 9.47 Å². The van der Waals surface area contributed by atoms with Crippen molar-refractivity contribution in [1.29, 1.82) is 0 Å². The monoisotopic (exact) mass is 264 g/mol. The summed E-state index contributed by atoms with van der Waals surface area (Å²) in [6.07, 6.45) is 3.10. The maximum absolute atomic E-state index is 10.2. The molecule has 1 aliphatic rings. The third kappa shape index (κ3) is 4.30. The molecule has 2 unspecified atom stereocenters. The molecule has 1 N–H and O–H groups in total. The number of aliphatic hydroxyl groups is 1. The normalized spacial score (nSPS) is 21.3. The van der Waals surface area contributed by atoms with Gasteiger partial charge in [0.15, 0.2) is 0 Å². The van der Waals surface area contributed by atoms with Crippen molar-refractivity contribution in [2.24, 2.45) is 0 Å². The molecule has 1 aromatic rings. The molecule has 1 heterocycles. The van der Waals surface area contributed by atoms with Gasteiger partial charge < -0.3 is 14.6 Å². The predicted octanol–water partition coefficient (Wildman–Crippen LogP) is 2.92. The molecule has 0 saturated carbocycles. The van der Waals surface area contributed by atoms with Crippen LogP contribution in [0.3, 0.4) is 0 Å². The van der Waals surface area contributed by atoms with Crippen LogP contribution in [0.4, 0.5) is 0 Å². The summed E-state index contributed by atoms with van der Waals surface area (Å²) in [4.78, 5) is 0. The zero-order valence-electron chi connectivity index (χ0n) is 11.9. The number of hydrogen-bond donors (Lipinski definition) is 1. The summed E-state index contributed by atoms with van der Waals surface area (Å²) in [5, 5.41) is 10.2. The van der Waals surface area contributed by atoms with Crippen LogP contribution in [0.1, 0.15) is 42.1 Å². The van der Waals surface area contributed by atoms with Crippen LogP contribution >= 0.6 is 0 Å². The molecule has 0 bridgehead atoms. The zero-order chi connectivity index (χ0) is 13.7. The van der Waals surface area contributed by atoms with Gasteiger partial charge in [-0.15, -0.1) is 0 Å². The Kier molecular flexibility index (Phi) is 5.37. The lowest BCUT2D eigenvalue weighted by atomic mass is 10.0. The number of aliphatic hydroxyl groups excluding tert-OH is 1. The predicted molar refractivity (Wildman–Crippen MR) is 75.3 cm³/mol. The highest BCUT2D eigenvalue weighted by molar-refractivity contribution is 5.31. The molecule has 3 heteroatoms. The molecular formula is C16H24O3. The van der Waals surface area contributed by atoms with Gasteiger partial charge in [0, 0.05) is 6.61 Å². The van der Waals surface area contributed by atoms with Gasteiger partial charge in [0.05, 0.1) is 19.3 Å². The molecule has 0 aliphatic carbocycles. The lowest BCUT2D eigenvalue weighted by Gasteiger charge is -2.23. The maximum Gasteiger partial charge on any atom is 0.103 e.